The number of nitrogens with zero attached hydrogens (tertiary/aromatic N) is 2. The molecule has 0 atom stereocenters. The molecule has 23 heavy (non-hydrogen) atoms. The van der Waals surface area contributed by atoms with Crippen molar-refractivity contribution in [3.05, 3.63) is 35.9 Å². The molecule has 0 aliphatic carbocycles. The highest BCUT2D eigenvalue weighted by Crippen LogP contribution is 2.34. The van der Waals surface area contributed by atoms with Crippen LogP contribution in [0.3, 0.4) is 0 Å². The third-order valence-corrected chi connectivity index (χ3v) is 5.72. The number of ether oxygens (including phenoxy) is 1. The Morgan fingerprint density at radius 2 is 2.00 bits per heavy atom. The van der Waals surface area contributed by atoms with E-state index in [1.165, 1.54) is 5.56 Å². The number of rotatable bonds is 6. The Morgan fingerprint density at radius 1 is 1.30 bits per heavy atom. The Bertz CT molecular complexity index is 486. The van der Waals surface area contributed by atoms with E-state index in [4.69, 9.17) is 9.73 Å². The summed E-state index contributed by atoms with van der Waals surface area (Å²) in [6.07, 6.45) is 4.36. The van der Waals surface area contributed by atoms with Gasteiger partial charge in [-0.25, -0.2) is 0 Å². The molecule has 4 nitrogen and oxygen atoms in total. The molecule has 5 heteroatoms. The number of thioether (sulfide) groups is 1. The highest BCUT2D eigenvalue weighted by atomic mass is 32.2. The molecule has 1 fully saturated rings. The molecule has 1 heterocycles. The Balaban J connectivity index is 2.03. The lowest BCUT2D eigenvalue weighted by Gasteiger charge is -2.34. The molecule has 128 valence electrons. The van der Waals surface area contributed by atoms with Crippen molar-refractivity contribution >= 4 is 17.7 Å². The Kier molecular flexibility index (Phi) is 7.24. The zero-order chi connectivity index (χ0) is 16.5. The summed E-state index contributed by atoms with van der Waals surface area (Å²) in [6.45, 7) is 6.42. The lowest BCUT2D eigenvalue weighted by molar-refractivity contribution is 0.0793. The van der Waals surface area contributed by atoms with Crippen molar-refractivity contribution in [2.24, 2.45) is 4.99 Å². The number of guanidine groups is 1. The zero-order valence-electron chi connectivity index (χ0n) is 14.5. The van der Waals surface area contributed by atoms with Crippen molar-refractivity contribution in [3.63, 3.8) is 0 Å². The highest BCUT2D eigenvalue weighted by Gasteiger charge is 2.31. The molecule has 0 saturated carbocycles. The zero-order valence-corrected chi connectivity index (χ0v) is 15.4. The Morgan fingerprint density at radius 3 is 2.61 bits per heavy atom. The van der Waals surface area contributed by atoms with Gasteiger partial charge in [-0.1, -0.05) is 30.3 Å². The van der Waals surface area contributed by atoms with Gasteiger partial charge in [0, 0.05) is 38.1 Å². The second-order valence-electron chi connectivity index (χ2n) is 6.01. The van der Waals surface area contributed by atoms with E-state index in [2.05, 4.69) is 60.8 Å². The third kappa shape index (κ3) is 5.43. The average Bonchev–Trinajstić information content (AvgIpc) is 2.60. The van der Waals surface area contributed by atoms with Crippen LogP contribution in [0.4, 0.5) is 0 Å². The summed E-state index contributed by atoms with van der Waals surface area (Å²) in [6, 6.07) is 10.5. The smallest absolute Gasteiger partial charge is 0.194 e. The number of aliphatic imine (C=N–C) groups is 1. The third-order valence-electron chi connectivity index (χ3n) is 4.31. The van der Waals surface area contributed by atoms with E-state index in [0.29, 0.717) is 0 Å². The van der Waals surface area contributed by atoms with Gasteiger partial charge in [-0.05, 0) is 31.6 Å². The molecule has 0 radical (unpaired) electrons. The summed E-state index contributed by atoms with van der Waals surface area (Å²) in [5, 5.41) is 3.42. The van der Waals surface area contributed by atoms with Crippen LogP contribution in [-0.4, -0.2) is 55.2 Å². The molecule has 1 aromatic carbocycles. The van der Waals surface area contributed by atoms with Gasteiger partial charge in [-0.2, -0.15) is 11.8 Å². The van der Waals surface area contributed by atoms with Crippen molar-refractivity contribution in [2.75, 3.05) is 39.6 Å². The van der Waals surface area contributed by atoms with Gasteiger partial charge >= 0.3 is 0 Å². The maximum absolute atomic E-state index is 5.52. The van der Waals surface area contributed by atoms with Crippen molar-refractivity contribution in [1.82, 2.24) is 10.2 Å². The Labute approximate surface area is 144 Å². The largest absolute Gasteiger partial charge is 0.381 e. The second kappa shape index (κ2) is 9.18. The van der Waals surface area contributed by atoms with Crippen LogP contribution in [-0.2, 0) is 11.3 Å². The van der Waals surface area contributed by atoms with E-state index in [0.717, 1.165) is 51.6 Å². The first-order valence-corrected chi connectivity index (χ1v) is 9.58. The van der Waals surface area contributed by atoms with E-state index >= 15 is 0 Å². The molecule has 1 N–H and O–H groups in total. The molecular weight excluding hydrogens is 306 g/mol. The molecule has 1 aromatic rings. The minimum Gasteiger partial charge on any atom is -0.381 e. The lowest BCUT2D eigenvalue weighted by Crippen LogP contribution is -2.41. The summed E-state index contributed by atoms with van der Waals surface area (Å²) in [5.74, 6) is 0.983. The van der Waals surface area contributed by atoms with Crippen LogP contribution in [0.1, 0.15) is 25.3 Å². The van der Waals surface area contributed by atoms with E-state index in [1.807, 2.05) is 11.8 Å². The summed E-state index contributed by atoms with van der Waals surface area (Å²) in [7, 11) is 2.10. The van der Waals surface area contributed by atoms with Gasteiger partial charge in [-0.3, -0.25) is 4.99 Å². The number of nitrogens with one attached hydrogen (secondary N) is 1. The normalized spacial score (nSPS) is 17.8. The van der Waals surface area contributed by atoms with Crippen LogP contribution >= 0.6 is 11.8 Å². The van der Waals surface area contributed by atoms with E-state index in [-0.39, 0.29) is 4.75 Å². The van der Waals surface area contributed by atoms with Gasteiger partial charge < -0.3 is 15.0 Å². The van der Waals surface area contributed by atoms with Crippen LogP contribution in [0.25, 0.3) is 0 Å². The van der Waals surface area contributed by atoms with Crippen LogP contribution in [0.5, 0.6) is 0 Å². The number of hydrogen-bond donors (Lipinski definition) is 1. The van der Waals surface area contributed by atoms with Gasteiger partial charge in [0.05, 0.1) is 6.54 Å². The molecule has 0 amide bonds. The maximum atomic E-state index is 5.52. The number of hydrogen-bond acceptors (Lipinski definition) is 3. The minimum absolute atomic E-state index is 0.229. The van der Waals surface area contributed by atoms with Crippen LogP contribution in [0.2, 0.25) is 0 Å². The predicted molar refractivity (Wildman–Crippen MR) is 100 cm³/mol. The first-order chi connectivity index (χ1) is 11.2. The van der Waals surface area contributed by atoms with E-state index in [1.54, 1.807) is 0 Å². The highest BCUT2D eigenvalue weighted by molar-refractivity contribution is 8.00. The first-order valence-electron chi connectivity index (χ1n) is 8.35. The van der Waals surface area contributed by atoms with Crippen molar-refractivity contribution in [3.8, 4) is 0 Å². The second-order valence-corrected chi connectivity index (χ2v) is 7.29. The summed E-state index contributed by atoms with van der Waals surface area (Å²) < 4.78 is 5.75. The monoisotopic (exact) mass is 335 g/mol. The summed E-state index contributed by atoms with van der Waals surface area (Å²) in [4.78, 5) is 7.13. The average molecular weight is 336 g/mol. The van der Waals surface area contributed by atoms with Gasteiger partial charge in [0.15, 0.2) is 5.96 Å². The van der Waals surface area contributed by atoms with Crippen LogP contribution < -0.4 is 5.32 Å². The lowest BCUT2D eigenvalue weighted by atomic mass is 9.99. The van der Waals surface area contributed by atoms with E-state index < -0.39 is 0 Å². The van der Waals surface area contributed by atoms with Gasteiger partial charge in [0.25, 0.3) is 0 Å². The quantitative estimate of drug-likeness (QED) is 0.640. The Hall–Kier alpha value is -1.20. The van der Waals surface area contributed by atoms with Crippen LogP contribution in [0.15, 0.2) is 35.3 Å². The summed E-state index contributed by atoms with van der Waals surface area (Å²) >= 11 is 1.94. The van der Waals surface area contributed by atoms with E-state index in [9.17, 15) is 0 Å². The fraction of sp³-hybridized carbons (Fsp3) is 0.611. The fourth-order valence-corrected chi connectivity index (χ4v) is 3.56. The molecule has 1 aliphatic heterocycles. The van der Waals surface area contributed by atoms with Crippen molar-refractivity contribution in [2.45, 2.75) is 31.1 Å². The molecule has 0 unspecified atom stereocenters. The molecule has 0 bridgehead atoms. The SMILES string of the molecule is CCNC(=NCC1(SC)CCOCC1)N(C)Cc1ccccc1. The summed E-state index contributed by atoms with van der Waals surface area (Å²) in [5.41, 5.74) is 1.30. The molecule has 1 saturated heterocycles. The van der Waals surface area contributed by atoms with Gasteiger partial charge in [0.2, 0.25) is 0 Å². The molecule has 1 aliphatic rings. The fourth-order valence-electron chi connectivity index (χ4n) is 2.79. The topological polar surface area (TPSA) is 36.9 Å². The molecular formula is C18H29N3OS. The van der Waals surface area contributed by atoms with Gasteiger partial charge in [-0.15, -0.1) is 0 Å². The van der Waals surface area contributed by atoms with Crippen LogP contribution in [0, 0.1) is 0 Å². The van der Waals surface area contributed by atoms with Crippen molar-refractivity contribution < 1.29 is 4.74 Å². The minimum atomic E-state index is 0.229. The molecule has 2 rings (SSSR count). The standard InChI is InChI=1S/C18H29N3OS/c1-4-19-17(21(2)14-16-8-6-5-7-9-16)20-15-18(23-3)10-12-22-13-11-18/h5-9H,4,10-15H2,1-3H3,(H,19,20). The van der Waals surface area contributed by atoms with Crippen molar-refractivity contribution in [1.29, 1.82) is 0 Å². The van der Waals surface area contributed by atoms with Gasteiger partial charge in [0.1, 0.15) is 0 Å². The number of benzene rings is 1. The first kappa shape index (κ1) is 18.1. The molecule has 0 spiro atoms. The maximum Gasteiger partial charge on any atom is 0.194 e. The predicted octanol–water partition coefficient (Wildman–Crippen LogP) is 3.00. The molecule has 0 aromatic heterocycles.